The average Bonchev–Trinajstić information content (AvgIpc) is 2.32. The molecular weight excluding hydrogens is 160 g/mol. The first-order chi connectivity index (χ1) is 6.20. The Kier molecular flexibility index (Phi) is 4.20. The number of allylic oxidation sites excluding steroid dienone is 1. The SMILES string of the molecule is C=C(C)C(=O)CC1CCCCCC1. The molecule has 0 aromatic rings. The Morgan fingerprint density at radius 1 is 1.23 bits per heavy atom. The smallest absolute Gasteiger partial charge is 0.158 e. The topological polar surface area (TPSA) is 17.1 Å². The van der Waals surface area contributed by atoms with E-state index in [0.717, 1.165) is 12.0 Å². The monoisotopic (exact) mass is 180 g/mol. The van der Waals surface area contributed by atoms with E-state index in [9.17, 15) is 4.79 Å². The van der Waals surface area contributed by atoms with Gasteiger partial charge in [-0.1, -0.05) is 45.1 Å². The van der Waals surface area contributed by atoms with E-state index in [1.165, 1.54) is 38.5 Å². The fourth-order valence-electron chi connectivity index (χ4n) is 2.00. The van der Waals surface area contributed by atoms with Gasteiger partial charge in [-0.25, -0.2) is 0 Å². The molecule has 1 rings (SSSR count). The standard InChI is InChI=1S/C12H20O/c1-10(2)12(13)9-11-7-5-3-4-6-8-11/h11H,1,3-9H2,2H3. The predicted molar refractivity (Wildman–Crippen MR) is 55.6 cm³/mol. The molecule has 0 atom stereocenters. The van der Waals surface area contributed by atoms with Gasteiger partial charge in [-0.2, -0.15) is 0 Å². The lowest BCUT2D eigenvalue weighted by atomic mass is 9.93. The van der Waals surface area contributed by atoms with E-state index < -0.39 is 0 Å². The largest absolute Gasteiger partial charge is 0.295 e. The van der Waals surface area contributed by atoms with E-state index in [4.69, 9.17) is 0 Å². The fraction of sp³-hybridized carbons (Fsp3) is 0.750. The summed E-state index contributed by atoms with van der Waals surface area (Å²) in [6.07, 6.45) is 8.59. The fourth-order valence-corrected chi connectivity index (χ4v) is 2.00. The zero-order chi connectivity index (χ0) is 9.68. The number of hydrogen-bond donors (Lipinski definition) is 0. The minimum Gasteiger partial charge on any atom is -0.295 e. The minimum atomic E-state index is 0.270. The number of carbonyl (C=O) groups is 1. The molecular formula is C12H20O. The van der Waals surface area contributed by atoms with Crippen LogP contribution in [0.5, 0.6) is 0 Å². The minimum absolute atomic E-state index is 0.270. The first-order valence-electron chi connectivity index (χ1n) is 5.39. The van der Waals surface area contributed by atoms with Crippen molar-refractivity contribution < 1.29 is 4.79 Å². The first-order valence-corrected chi connectivity index (χ1v) is 5.39. The van der Waals surface area contributed by atoms with Crippen molar-refractivity contribution in [1.29, 1.82) is 0 Å². The van der Waals surface area contributed by atoms with Gasteiger partial charge in [-0.15, -0.1) is 0 Å². The summed E-state index contributed by atoms with van der Waals surface area (Å²) in [7, 11) is 0. The maximum absolute atomic E-state index is 11.4. The average molecular weight is 180 g/mol. The molecule has 0 unspecified atom stereocenters. The van der Waals surface area contributed by atoms with E-state index in [1.54, 1.807) is 0 Å². The number of hydrogen-bond acceptors (Lipinski definition) is 1. The van der Waals surface area contributed by atoms with Crippen LogP contribution in [-0.2, 0) is 4.79 Å². The molecule has 0 aromatic heterocycles. The molecule has 1 aliphatic rings. The van der Waals surface area contributed by atoms with Gasteiger partial charge < -0.3 is 0 Å². The second-order valence-electron chi connectivity index (χ2n) is 4.27. The third kappa shape index (κ3) is 3.75. The van der Waals surface area contributed by atoms with Crippen LogP contribution in [0, 0.1) is 5.92 Å². The zero-order valence-corrected chi connectivity index (χ0v) is 8.64. The van der Waals surface area contributed by atoms with Gasteiger partial charge in [0.15, 0.2) is 5.78 Å². The van der Waals surface area contributed by atoms with Crippen molar-refractivity contribution in [2.24, 2.45) is 5.92 Å². The lowest BCUT2D eigenvalue weighted by Crippen LogP contribution is -2.08. The number of ketones is 1. The molecule has 0 saturated heterocycles. The van der Waals surface area contributed by atoms with Crippen molar-refractivity contribution in [2.45, 2.75) is 51.9 Å². The molecule has 0 bridgehead atoms. The van der Waals surface area contributed by atoms with Crippen LogP contribution in [0.2, 0.25) is 0 Å². The molecule has 1 heteroatoms. The summed E-state index contributed by atoms with van der Waals surface area (Å²) < 4.78 is 0. The molecule has 0 N–H and O–H groups in total. The van der Waals surface area contributed by atoms with Gasteiger partial charge in [0.1, 0.15) is 0 Å². The summed E-state index contributed by atoms with van der Waals surface area (Å²) in [5.74, 6) is 0.915. The Balaban J connectivity index is 2.33. The lowest BCUT2D eigenvalue weighted by Gasteiger charge is -2.12. The van der Waals surface area contributed by atoms with Crippen molar-refractivity contribution in [3.8, 4) is 0 Å². The van der Waals surface area contributed by atoms with Crippen LogP contribution in [0.4, 0.5) is 0 Å². The molecule has 13 heavy (non-hydrogen) atoms. The Bertz CT molecular complexity index is 185. The van der Waals surface area contributed by atoms with E-state index in [1.807, 2.05) is 6.92 Å². The Hall–Kier alpha value is -0.590. The third-order valence-corrected chi connectivity index (χ3v) is 2.92. The second kappa shape index (κ2) is 5.21. The highest BCUT2D eigenvalue weighted by atomic mass is 16.1. The normalized spacial score (nSPS) is 19.5. The van der Waals surface area contributed by atoms with Crippen LogP contribution in [0.25, 0.3) is 0 Å². The highest BCUT2D eigenvalue weighted by Gasteiger charge is 2.15. The van der Waals surface area contributed by atoms with Gasteiger partial charge in [-0.05, 0) is 18.4 Å². The molecule has 1 fully saturated rings. The highest BCUT2D eigenvalue weighted by Crippen LogP contribution is 2.26. The number of carbonyl (C=O) groups excluding carboxylic acids is 1. The lowest BCUT2D eigenvalue weighted by molar-refractivity contribution is -0.116. The predicted octanol–water partition coefficient (Wildman–Crippen LogP) is 3.49. The van der Waals surface area contributed by atoms with Crippen LogP contribution < -0.4 is 0 Å². The van der Waals surface area contributed by atoms with Crippen molar-refractivity contribution in [3.05, 3.63) is 12.2 Å². The maximum atomic E-state index is 11.4. The second-order valence-corrected chi connectivity index (χ2v) is 4.27. The Morgan fingerprint density at radius 2 is 1.77 bits per heavy atom. The Labute approximate surface area is 81.2 Å². The molecule has 0 aromatic carbocycles. The van der Waals surface area contributed by atoms with Crippen molar-refractivity contribution in [2.75, 3.05) is 0 Å². The zero-order valence-electron chi connectivity index (χ0n) is 8.64. The van der Waals surface area contributed by atoms with Crippen molar-refractivity contribution in [3.63, 3.8) is 0 Å². The van der Waals surface area contributed by atoms with E-state index in [0.29, 0.717) is 5.92 Å². The molecule has 1 aliphatic carbocycles. The van der Waals surface area contributed by atoms with Crippen LogP contribution in [0.1, 0.15) is 51.9 Å². The molecule has 1 nitrogen and oxygen atoms in total. The summed E-state index contributed by atoms with van der Waals surface area (Å²) in [6, 6.07) is 0. The van der Waals surface area contributed by atoms with Crippen LogP contribution in [-0.4, -0.2) is 5.78 Å². The van der Waals surface area contributed by atoms with Crippen molar-refractivity contribution in [1.82, 2.24) is 0 Å². The maximum Gasteiger partial charge on any atom is 0.158 e. The molecule has 0 heterocycles. The van der Waals surface area contributed by atoms with Gasteiger partial charge in [0, 0.05) is 6.42 Å². The van der Waals surface area contributed by atoms with Gasteiger partial charge in [0.25, 0.3) is 0 Å². The summed E-state index contributed by atoms with van der Waals surface area (Å²) >= 11 is 0. The van der Waals surface area contributed by atoms with Crippen LogP contribution in [0.3, 0.4) is 0 Å². The van der Waals surface area contributed by atoms with Crippen molar-refractivity contribution >= 4 is 5.78 Å². The van der Waals surface area contributed by atoms with Gasteiger partial charge in [0.2, 0.25) is 0 Å². The van der Waals surface area contributed by atoms with Crippen LogP contribution in [0.15, 0.2) is 12.2 Å². The quantitative estimate of drug-likeness (QED) is 0.480. The Morgan fingerprint density at radius 3 is 2.23 bits per heavy atom. The molecule has 0 amide bonds. The van der Waals surface area contributed by atoms with E-state index in [2.05, 4.69) is 6.58 Å². The van der Waals surface area contributed by atoms with Gasteiger partial charge in [0.05, 0.1) is 0 Å². The molecule has 74 valence electrons. The summed E-state index contributed by atoms with van der Waals surface area (Å²) in [6.45, 7) is 5.51. The van der Waals surface area contributed by atoms with E-state index >= 15 is 0 Å². The number of Topliss-reactive ketones (excluding diaryl/α,β-unsaturated/α-hetero) is 1. The van der Waals surface area contributed by atoms with Gasteiger partial charge in [-0.3, -0.25) is 4.79 Å². The summed E-state index contributed by atoms with van der Waals surface area (Å²) in [5.41, 5.74) is 0.726. The highest BCUT2D eigenvalue weighted by molar-refractivity contribution is 5.94. The van der Waals surface area contributed by atoms with E-state index in [-0.39, 0.29) is 5.78 Å². The van der Waals surface area contributed by atoms with Crippen LogP contribution >= 0.6 is 0 Å². The summed E-state index contributed by atoms with van der Waals surface area (Å²) in [4.78, 5) is 11.4. The first kappa shape index (κ1) is 10.5. The molecule has 0 spiro atoms. The molecule has 0 radical (unpaired) electrons. The third-order valence-electron chi connectivity index (χ3n) is 2.92. The number of rotatable bonds is 3. The molecule has 1 saturated carbocycles. The van der Waals surface area contributed by atoms with Gasteiger partial charge >= 0.3 is 0 Å². The summed E-state index contributed by atoms with van der Waals surface area (Å²) in [5, 5.41) is 0. The molecule has 0 aliphatic heterocycles.